The summed E-state index contributed by atoms with van der Waals surface area (Å²) in [5.41, 5.74) is 6.30. The monoisotopic (exact) mass is 289 g/mol. The van der Waals surface area contributed by atoms with Crippen molar-refractivity contribution < 1.29 is 22.6 Å². The number of rotatable bonds is 5. The van der Waals surface area contributed by atoms with Crippen LogP contribution in [0.2, 0.25) is 0 Å². The molecule has 0 heterocycles. The molecule has 20 heavy (non-hydrogen) atoms. The van der Waals surface area contributed by atoms with Crippen molar-refractivity contribution in [1.29, 1.82) is 0 Å². The highest BCUT2D eigenvalue weighted by molar-refractivity contribution is 5.27. The van der Waals surface area contributed by atoms with Gasteiger partial charge in [-0.05, 0) is 30.5 Å². The molecule has 3 nitrogen and oxygen atoms in total. The number of hydrogen-bond donors (Lipinski definition) is 1. The van der Waals surface area contributed by atoms with Gasteiger partial charge in [0.25, 0.3) is 0 Å². The second-order valence-electron chi connectivity index (χ2n) is 5.07. The van der Waals surface area contributed by atoms with Crippen LogP contribution in [0, 0.1) is 0 Å². The van der Waals surface area contributed by atoms with Gasteiger partial charge in [-0.3, -0.25) is 0 Å². The molecule has 0 radical (unpaired) electrons. The zero-order valence-corrected chi connectivity index (χ0v) is 11.1. The number of hydrogen-bond acceptors (Lipinski definition) is 3. The summed E-state index contributed by atoms with van der Waals surface area (Å²) >= 11 is 0. The highest BCUT2D eigenvalue weighted by atomic mass is 19.4. The van der Waals surface area contributed by atoms with E-state index < -0.39 is 6.36 Å². The minimum atomic E-state index is -4.66. The smallest absolute Gasteiger partial charge is 0.406 e. The molecule has 0 atom stereocenters. The number of alkyl halides is 3. The lowest BCUT2D eigenvalue weighted by atomic mass is 10.0. The predicted molar refractivity (Wildman–Crippen MR) is 68.2 cm³/mol. The molecule has 1 aliphatic rings. The average molecular weight is 289 g/mol. The van der Waals surface area contributed by atoms with E-state index >= 15 is 0 Å². The SMILES string of the molecule is NCC1(OCc2ccc(OC(F)(F)F)cc2)CCCC1. The zero-order chi connectivity index (χ0) is 14.6. The lowest BCUT2D eigenvalue weighted by molar-refractivity contribution is -0.274. The minimum Gasteiger partial charge on any atom is -0.406 e. The molecule has 1 aromatic rings. The molecule has 1 fully saturated rings. The Kier molecular flexibility index (Phi) is 4.55. The van der Waals surface area contributed by atoms with Crippen molar-refractivity contribution in [2.45, 2.75) is 44.3 Å². The van der Waals surface area contributed by atoms with Crippen LogP contribution in [0.5, 0.6) is 5.75 Å². The van der Waals surface area contributed by atoms with E-state index in [1.54, 1.807) is 12.1 Å². The van der Waals surface area contributed by atoms with Gasteiger partial charge in [0.1, 0.15) is 5.75 Å². The molecule has 1 aromatic carbocycles. The van der Waals surface area contributed by atoms with Gasteiger partial charge >= 0.3 is 6.36 Å². The van der Waals surface area contributed by atoms with Crippen LogP contribution in [0.1, 0.15) is 31.2 Å². The number of nitrogens with two attached hydrogens (primary N) is 1. The summed E-state index contributed by atoms with van der Waals surface area (Å²) in [6, 6.07) is 5.71. The number of ether oxygens (including phenoxy) is 2. The first-order valence-electron chi connectivity index (χ1n) is 6.61. The molecule has 1 saturated carbocycles. The van der Waals surface area contributed by atoms with Gasteiger partial charge in [-0.15, -0.1) is 13.2 Å². The van der Waals surface area contributed by atoms with Crippen LogP contribution < -0.4 is 10.5 Å². The summed E-state index contributed by atoms with van der Waals surface area (Å²) in [4.78, 5) is 0. The van der Waals surface area contributed by atoms with Gasteiger partial charge in [0.15, 0.2) is 0 Å². The Hall–Kier alpha value is -1.27. The molecule has 6 heteroatoms. The molecular weight excluding hydrogens is 271 g/mol. The maximum atomic E-state index is 12.0. The summed E-state index contributed by atoms with van der Waals surface area (Å²) in [6.45, 7) is 0.825. The van der Waals surface area contributed by atoms with Crippen molar-refractivity contribution in [3.8, 4) is 5.75 Å². The fourth-order valence-corrected chi connectivity index (χ4v) is 2.45. The van der Waals surface area contributed by atoms with E-state index in [1.165, 1.54) is 12.1 Å². The van der Waals surface area contributed by atoms with Crippen molar-refractivity contribution in [3.63, 3.8) is 0 Å². The minimum absolute atomic E-state index is 0.226. The summed E-state index contributed by atoms with van der Waals surface area (Å²) in [6.07, 6.45) is -0.561. The third-order valence-corrected chi connectivity index (χ3v) is 3.59. The van der Waals surface area contributed by atoms with E-state index in [4.69, 9.17) is 10.5 Å². The lowest BCUT2D eigenvalue weighted by Crippen LogP contribution is -2.37. The maximum Gasteiger partial charge on any atom is 0.573 e. The molecule has 0 bridgehead atoms. The topological polar surface area (TPSA) is 44.5 Å². The van der Waals surface area contributed by atoms with Gasteiger partial charge in [-0.25, -0.2) is 0 Å². The molecule has 0 spiro atoms. The Balaban J connectivity index is 1.90. The maximum absolute atomic E-state index is 12.0. The molecule has 0 amide bonds. The van der Waals surface area contributed by atoms with E-state index in [1.807, 2.05) is 0 Å². The van der Waals surface area contributed by atoms with Crippen molar-refractivity contribution in [2.75, 3.05) is 6.54 Å². The largest absolute Gasteiger partial charge is 0.573 e. The van der Waals surface area contributed by atoms with Crippen molar-refractivity contribution in [1.82, 2.24) is 0 Å². The Labute approximate surface area is 115 Å². The molecule has 0 saturated heterocycles. The van der Waals surface area contributed by atoms with Gasteiger partial charge in [-0.1, -0.05) is 25.0 Å². The molecule has 2 N–H and O–H groups in total. The number of benzene rings is 1. The fraction of sp³-hybridized carbons (Fsp3) is 0.571. The van der Waals surface area contributed by atoms with Crippen LogP contribution in [0.15, 0.2) is 24.3 Å². The standard InChI is InChI=1S/C14H18F3NO2/c15-14(16,17)20-12-5-3-11(4-6-12)9-19-13(10-18)7-1-2-8-13/h3-6H,1-2,7-10,18H2. The Morgan fingerprint density at radius 1 is 1.10 bits per heavy atom. The van der Waals surface area contributed by atoms with Crippen LogP contribution in [-0.2, 0) is 11.3 Å². The first-order valence-corrected chi connectivity index (χ1v) is 6.61. The van der Waals surface area contributed by atoms with E-state index in [9.17, 15) is 13.2 Å². The van der Waals surface area contributed by atoms with Gasteiger partial charge in [-0.2, -0.15) is 0 Å². The highest BCUT2D eigenvalue weighted by Gasteiger charge is 2.33. The molecule has 112 valence electrons. The average Bonchev–Trinajstić information content (AvgIpc) is 2.86. The Bertz CT molecular complexity index is 425. The van der Waals surface area contributed by atoms with E-state index in [2.05, 4.69) is 4.74 Å². The van der Waals surface area contributed by atoms with Crippen LogP contribution in [0.25, 0.3) is 0 Å². The molecule has 2 rings (SSSR count). The molecule has 0 aliphatic heterocycles. The van der Waals surface area contributed by atoms with Gasteiger partial charge in [0, 0.05) is 6.54 Å². The quantitative estimate of drug-likeness (QED) is 0.903. The summed E-state index contributed by atoms with van der Waals surface area (Å²) < 4.78 is 45.8. The van der Waals surface area contributed by atoms with Crippen LogP contribution in [0.4, 0.5) is 13.2 Å². The predicted octanol–water partition coefficient (Wildman–Crippen LogP) is 3.37. The van der Waals surface area contributed by atoms with Gasteiger partial charge < -0.3 is 15.2 Å². The van der Waals surface area contributed by atoms with Gasteiger partial charge in [0.2, 0.25) is 0 Å². The first kappa shape index (κ1) is 15.1. The summed E-state index contributed by atoms with van der Waals surface area (Å²) in [5.74, 6) is -0.226. The van der Waals surface area contributed by atoms with Gasteiger partial charge in [0.05, 0.1) is 12.2 Å². The lowest BCUT2D eigenvalue weighted by Gasteiger charge is -2.27. The first-order chi connectivity index (χ1) is 9.42. The van der Waals surface area contributed by atoms with Crippen LogP contribution in [0.3, 0.4) is 0 Å². The van der Waals surface area contributed by atoms with Crippen LogP contribution >= 0.6 is 0 Å². The second kappa shape index (κ2) is 6.01. The van der Waals surface area contributed by atoms with Crippen molar-refractivity contribution >= 4 is 0 Å². The van der Waals surface area contributed by atoms with E-state index in [-0.39, 0.29) is 11.4 Å². The fourth-order valence-electron chi connectivity index (χ4n) is 2.45. The summed E-state index contributed by atoms with van der Waals surface area (Å²) in [7, 11) is 0. The molecular formula is C14H18F3NO2. The second-order valence-corrected chi connectivity index (χ2v) is 5.07. The van der Waals surface area contributed by atoms with E-state index in [0.29, 0.717) is 13.2 Å². The van der Waals surface area contributed by atoms with Crippen molar-refractivity contribution in [2.24, 2.45) is 5.73 Å². The van der Waals surface area contributed by atoms with Crippen LogP contribution in [-0.4, -0.2) is 18.5 Å². The Morgan fingerprint density at radius 3 is 2.20 bits per heavy atom. The molecule has 1 aliphatic carbocycles. The zero-order valence-electron chi connectivity index (χ0n) is 11.1. The third-order valence-electron chi connectivity index (χ3n) is 3.59. The summed E-state index contributed by atoms with van der Waals surface area (Å²) in [5, 5.41) is 0. The number of halogens is 3. The molecule has 0 aromatic heterocycles. The van der Waals surface area contributed by atoms with E-state index in [0.717, 1.165) is 31.2 Å². The van der Waals surface area contributed by atoms with Crippen molar-refractivity contribution in [3.05, 3.63) is 29.8 Å². The Morgan fingerprint density at radius 2 is 1.70 bits per heavy atom. The third kappa shape index (κ3) is 4.11. The normalized spacial score (nSPS) is 18.2. The highest BCUT2D eigenvalue weighted by Crippen LogP contribution is 2.33. The molecule has 0 unspecified atom stereocenters.